The number of hydrogen-bond donors (Lipinski definition) is 3. The molecule has 0 atom stereocenters. The lowest BCUT2D eigenvalue weighted by atomic mass is 10.3. The number of hydrazine groups is 1. The lowest BCUT2D eigenvalue weighted by Gasteiger charge is -2.25. The maximum Gasteiger partial charge on any atom is 0.258 e. The Balaban J connectivity index is 2.46. The Morgan fingerprint density at radius 1 is 1.43 bits per heavy atom. The summed E-state index contributed by atoms with van der Waals surface area (Å²) in [6.45, 7) is 3.75. The van der Waals surface area contributed by atoms with E-state index in [4.69, 9.17) is 11.6 Å². The summed E-state index contributed by atoms with van der Waals surface area (Å²) < 4.78 is 1.36. The summed E-state index contributed by atoms with van der Waals surface area (Å²) in [5, 5.41) is 3.94. The Kier molecular flexibility index (Phi) is 4.23. The highest BCUT2D eigenvalue weighted by Crippen LogP contribution is 2.14. The minimum Gasteiger partial charge on any atom is -0.368 e. The first-order chi connectivity index (χ1) is 10.0. The molecule has 11 nitrogen and oxygen atoms in total. The third-order valence-electron chi connectivity index (χ3n) is 2.57. The van der Waals surface area contributed by atoms with Crippen molar-refractivity contribution in [3.8, 4) is 5.95 Å². The number of anilines is 2. The topological polar surface area (TPSA) is 154 Å². The number of carbonyl (C=O) groups is 1. The summed E-state index contributed by atoms with van der Waals surface area (Å²) >= 11 is 0. The number of nitrogens with zero attached hydrogens (tertiary/aromatic N) is 7. The lowest BCUT2D eigenvalue weighted by Crippen LogP contribution is -2.40. The van der Waals surface area contributed by atoms with Gasteiger partial charge in [-0.25, -0.2) is 10.8 Å². The Hall–Kier alpha value is -2.82. The molecular weight excluding hydrogens is 276 g/mol. The Labute approximate surface area is 120 Å². The van der Waals surface area contributed by atoms with Crippen LogP contribution < -0.4 is 21.9 Å². The van der Waals surface area contributed by atoms with Crippen molar-refractivity contribution in [3.05, 3.63) is 12.7 Å². The summed E-state index contributed by atoms with van der Waals surface area (Å²) in [6, 6.07) is -0.0471. The van der Waals surface area contributed by atoms with Crippen molar-refractivity contribution >= 4 is 17.8 Å². The molecule has 2 rings (SSSR count). The van der Waals surface area contributed by atoms with Crippen molar-refractivity contribution in [1.82, 2.24) is 29.7 Å². The molecule has 0 saturated carbocycles. The molecule has 0 aromatic carbocycles. The van der Waals surface area contributed by atoms with Crippen LogP contribution in [0.25, 0.3) is 5.95 Å². The third kappa shape index (κ3) is 3.39. The van der Waals surface area contributed by atoms with Crippen LogP contribution >= 0.6 is 0 Å². The van der Waals surface area contributed by atoms with Crippen LogP contribution in [0.1, 0.15) is 13.8 Å². The predicted molar refractivity (Wildman–Crippen MR) is 74.2 cm³/mol. The van der Waals surface area contributed by atoms with E-state index in [1.807, 2.05) is 13.8 Å². The average Bonchev–Trinajstić information content (AvgIpc) is 2.98. The zero-order valence-electron chi connectivity index (χ0n) is 11.6. The molecule has 2 aromatic heterocycles. The van der Waals surface area contributed by atoms with Gasteiger partial charge in [0.15, 0.2) is 0 Å². The van der Waals surface area contributed by atoms with E-state index >= 15 is 0 Å². The van der Waals surface area contributed by atoms with Gasteiger partial charge in [0.1, 0.15) is 12.7 Å². The number of primary amides is 1. The fraction of sp³-hybridized carbons (Fsp3) is 0.400. The molecule has 0 unspecified atom stereocenters. The van der Waals surface area contributed by atoms with E-state index in [0.29, 0.717) is 0 Å². The summed E-state index contributed by atoms with van der Waals surface area (Å²) in [5.41, 5.74) is 7.60. The first-order valence-corrected chi connectivity index (χ1v) is 6.14. The van der Waals surface area contributed by atoms with E-state index < -0.39 is 5.91 Å². The highest BCUT2D eigenvalue weighted by atomic mass is 16.1. The van der Waals surface area contributed by atoms with Crippen molar-refractivity contribution in [2.45, 2.75) is 19.9 Å². The molecule has 5 N–H and O–H groups in total. The number of amides is 1. The molecule has 0 radical (unpaired) electrons. The van der Waals surface area contributed by atoms with Crippen LogP contribution in [-0.4, -0.2) is 48.2 Å². The van der Waals surface area contributed by atoms with Gasteiger partial charge in [-0.15, -0.1) is 0 Å². The molecular formula is C10H16N10O. The second kappa shape index (κ2) is 6.09. The van der Waals surface area contributed by atoms with Crippen molar-refractivity contribution in [1.29, 1.82) is 0 Å². The molecule has 0 saturated heterocycles. The molecule has 0 aliphatic carbocycles. The zero-order chi connectivity index (χ0) is 15.4. The number of carbonyl (C=O) groups excluding carboxylic acids is 1. The minimum absolute atomic E-state index is 0.0253. The van der Waals surface area contributed by atoms with E-state index in [9.17, 15) is 4.79 Å². The molecule has 112 valence electrons. The van der Waals surface area contributed by atoms with Crippen LogP contribution in [0.15, 0.2) is 12.7 Å². The Morgan fingerprint density at radius 2 is 2.19 bits per heavy atom. The maximum atomic E-state index is 11.2. The van der Waals surface area contributed by atoms with Gasteiger partial charge in [0, 0.05) is 6.04 Å². The van der Waals surface area contributed by atoms with Gasteiger partial charge in [0.25, 0.3) is 5.95 Å². The van der Waals surface area contributed by atoms with Crippen molar-refractivity contribution in [2.24, 2.45) is 11.6 Å². The highest BCUT2D eigenvalue weighted by Gasteiger charge is 2.19. The average molecular weight is 292 g/mol. The smallest absolute Gasteiger partial charge is 0.258 e. The first-order valence-electron chi connectivity index (χ1n) is 6.14. The number of aromatic nitrogens is 6. The summed E-state index contributed by atoms with van der Waals surface area (Å²) in [6.07, 6.45) is 2.79. The maximum absolute atomic E-state index is 11.2. The molecule has 0 spiro atoms. The van der Waals surface area contributed by atoms with Crippen molar-refractivity contribution in [2.75, 3.05) is 16.9 Å². The Morgan fingerprint density at radius 3 is 2.71 bits per heavy atom. The van der Waals surface area contributed by atoms with Crippen LogP contribution in [0.4, 0.5) is 11.9 Å². The molecule has 2 heterocycles. The van der Waals surface area contributed by atoms with Gasteiger partial charge in [-0.1, -0.05) is 0 Å². The molecule has 0 aliphatic heterocycles. The number of rotatable bonds is 6. The molecule has 21 heavy (non-hydrogen) atoms. The van der Waals surface area contributed by atoms with E-state index in [1.165, 1.54) is 17.3 Å². The van der Waals surface area contributed by atoms with Gasteiger partial charge in [0.2, 0.25) is 17.8 Å². The molecule has 0 fully saturated rings. The normalized spacial score (nSPS) is 10.7. The second-order valence-corrected chi connectivity index (χ2v) is 4.43. The molecule has 0 bridgehead atoms. The molecule has 2 aromatic rings. The van der Waals surface area contributed by atoms with Gasteiger partial charge < -0.3 is 10.6 Å². The van der Waals surface area contributed by atoms with E-state index in [0.717, 1.165) is 0 Å². The third-order valence-corrected chi connectivity index (χ3v) is 2.57. The van der Waals surface area contributed by atoms with Crippen LogP contribution in [0.2, 0.25) is 0 Å². The summed E-state index contributed by atoms with van der Waals surface area (Å²) in [4.78, 5) is 29.1. The highest BCUT2D eigenvalue weighted by molar-refractivity contribution is 5.79. The van der Waals surface area contributed by atoms with Crippen LogP contribution in [0.3, 0.4) is 0 Å². The fourth-order valence-electron chi connectivity index (χ4n) is 1.61. The SMILES string of the molecule is CC(C)N(CC(N)=O)c1nc(NN)nc(-n2cncn2)n1. The van der Waals surface area contributed by atoms with Gasteiger partial charge in [0.05, 0.1) is 6.54 Å². The quantitative estimate of drug-likeness (QED) is 0.423. The van der Waals surface area contributed by atoms with E-state index in [1.54, 1.807) is 4.90 Å². The first kappa shape index (κ1) is 14.6. The standard InChI is InChI=1S/C10H16N10O/c1-6(2)19(3-7(11)21)9-15-8(18-12)16-10(17-9)20-5-13-4-14-20/h4-6H,3,12H2,1-2H3,(H2,11,21)(H,15,16,17,18). The van der Waals surface area contributed by atoms with Gasteiger partial charge in [-0.3, -0.25) is 10.2 Å². The van der Waals surface area contributed by atoms with Crippen molar-refractivity contribution < 1.29 is 4.79 Å². The molecule has 11 heteroatoms. The minimum atomic E-state index is -0.492. The predicted octanol–water partition coefficient (Wildman–Crippen LogP) is -1.56. The lowest BCUT2D eigenvalue weighted by molar-refractivity contribution is -0.116. The van der Waals surface area contributed by atoms with Gasteiger partial charge in [-0.05, 0) is 13.8 Å². The number of hydrogen-bond acceptors (Lipinski definition) is 9. The number of nitrogen functional groups attached to an aromatic ring is 1. The largest absolute Gasteiger partial charge is 0.368 e. The van der Waals surface area contributed by atoms with Gasteiger partial charge in [-0.2, -0.15) is 24.7 Å². The molecule has 0 aliphatic rings. The zero-order valence-corrected chi connectivity index (χ0v) is 11.6. The van der Waals surface area contributed by atoms with E-state index in [-0.39, 0.29) is 30.4 Å². The van der Waals surface area contributed by atoms with Crippen LogP contribution in [0.5, 0.6) is 0 Å². The van der Waals surface area contributed by atoms with Crippen LogP contribution in [0, 0.1) is 0 Å². The number of nitrogens with one attached hydrogen (secondary N) is 1. The molecule has 1 amide bonds. The van der Waals surface area contributed by atoms with E-state index in [2.05, 4.69) is 30.5 Å². The summed E-state index contributed by atoms with van der Waals surface area (Å²) in [5.74, 6) is 5.49. The fourth-order valence-corrected chi connectivity index (χ4v) is 1.61. The van der Waals surface area contributed by atoms with Gasteiger partial charge >= 0.3 is 0 Å². The Bertz CT molecular complexity index is 610. The second-order valence-electron chi connectivity index (χ2n) is 4.43. The number of nitrogens with two attached hydrogens (primary N) is 2. The van der Waals surface area contributed by atoms with Crippen LogP contribution in [-0.2, 0) is 4.79 Å². The van der Waals surface area contributed by atoms with Crippen molar-refractivity contribution in [3.63, 3.8) is 0 Å². The monoisotopic (exact) mass is 292 g/mol. The summed E-state index contributed by atoms with van der Waals surface area (Å²) in [7, 11) is 0.